The molecule has 1 rings (SSSR count). The van der Waals surface area contributed by atoms with E-state index in [0.717, 1.165) is 21.6 Å². The molecule has 0 aromatic heterocycles. The minimum absolute atomic E-state index is 0.517. The second-order valence-electron chi connectivity index (χ2n) is 4.40. The lowest BCUT2D eigenvalue weighted by Crippen LogP contribution is -2.28. The van der Waals surface area contributed by atoms with Gasteiger partial charge in [-0.05, 0) is 27.7 Å². The zero-order chi connectivity index (χ0) is 12.6. The molecule has 4 heteroatoms. The molecule has 0 saturated heterocycles. The van der Waals surface area contributed by atoms with Crippen molar-refractivity contribution in [1.29, 1.82) is 0 Å². The summed E-state index contributed by atoms with van der Waals surface area (Å²) >= 11 is 0. The van der Waals surface area contributed by atoms with Gasteiger partial charge in [-0.3, -0.25) is 0 Å². The molecule has 0 fully saturated rings. The van der Waals surface area contributed by atoms with Gasteiger partial charge in [0.2, 0.25) is 0 Å². The maximum atomic E-state index is 6.00. The number of rotatable bonds is 0. The van der Waals surface area contributed by atoms with Crippen molar-refractivity contribution in [2.75, 3.05) is 22.9 Å². The van der Waals surface area contributed by atoms with Crippen LogP contribution in [0.1, 0.15) is 27.7 Å². The fraction of sp³-hybridized carbons (Fsp3) is 0.333. The maximum absolute atomic E-state index is 6.00. The first-order valence-corrected chi connectivity index (χ1v) is 5.15. The summed E-state index contributed by atoms with van der Waals surface area (Å²) in [5, 5.41) is 1.53. The van der Waals surface area contributed by atoms with Crippen LogP contribution in [0.25, 0.3) is 11.1 Å². The van der Waals surface area contributed by atoms with Crippen molar-refractivity contribution in [3.8, 4) is 0 Å². The summed E-state index contributed by atoms with van der Waals surface area (Å²) < 4.78 is 0. The van der Waals surface area contributed by atoms with Gasteiger partial charge in [0.25, 0.3) is 0 Å². The van der Waals surface area contributed by atoms with Gasteiger partial charge in [-0.1, -0.05) is 11.1 Å². The van der Waals surface area contributed by atoms with Crippen LogP contribution in [0.4, 0.5) is 22.7 Å². The normalized spacial score (nSPS) is 10.2. The van der Waals surface area contributed by atoms with E-state index in [1.807, 2.05) is 27.7 Å². The number of hydrogen-bond acceptors (Lipinski definition) is 4. The van der Waals surface area contributed by atoms with E-state index < -0.39 is 0 Å². The molecule has 88 valence electrons. The quantitative estimate of drug-likeness (QED) is 0.475. The van der Waals surface area contributed by atoms with Gasteiger partial charge < -0.3 is 22.9 Å². The molecule has 16 heavy (non-hydrogen) atoms. The monoisotopic (exact) mass is 220 g/mol. The molecule has 0 aliphatic rings. The number of anilines is 4. The van der Waals surface area contributed by atoms with E-state index in [1.165, 1.54) is 0 Å². The van der Waals surface area contributed by atoms with E-state index in [0.29, 0.717) is 22.7 Å². The summed E-state index contributed by atoms with van der Waals surface area (Å²) in [6.45, 7) is 7.73. The summed E-state index contributed by atoms with van der Waals surface area (Å²) in [5.74, 6) is 0. The standard InChI is InChI=1S/C12H20N4/c1-5(2)7-9(13)11(15)8(6(3)4)12(16)10(7)14/h13-16H2,1-4H3. The zero-order valence-electron chi connectivity index (χ0n) is 10.3. The molecule has 0 heterocycles. The summed E-state index contributed by atoms with van der Waals surface area (Å²) in [6.07, 6.45) is 0. The Labute approximate surface area is 95.6 Å². The van der Waals surface area contributed by atoms with Crippen LogP contribution in [0, 0.1) is 0 Å². The lowest BCUT2D eigenvalue weighted by atomic mass is 10.0. The first kappa shape index (κ1) is 12.2. The third-order valence-electron chi connectivity index (χ3n) is 2.66. The van der Waals surface area contributed by atoms with E-state index in [2.05, 4.69) is 0 Å². The highest BCUT2D eigenvalue weighted by Gasteiger charge is 2.10. The lowest BCUT2D eigenvalue weighted by Gasteiger charge is -2.12. The predicted molar refractivity (Wildman–Crippen MR) is 72.9 cm³/mol. The molecule has 0 spiro atoms. The van der Waals surface area contributed by atoms with Gasteiger partial charge in [-0.2, -0.15) is 0 Å². The summed E-state index contributed by atoms with van der Waals surface area (Å²) in [7, 11) is 0. The number of nitrogens with two attached hydrogens (primary N) is 4. The Balaban J connectivity index is 4.12. The van der Waals surface area contributed by atoms with Crippen molar-refractivity contribution in [1.82, 2.24) is 0 Å². The van der Waals surface area contributed by atoms with E-state index in [4.69, 9.17) is 22.9 Å². The van der Waals surface area contributed by atoms with Gasteiger partial charge in [-0.15, -0.1) is 0 Å². The third-order valence-corrected chi connectivity index (χ3v) is 2.66. The fourth-order valence-electron chi connectivity index (χ4n) is 1.91. The molecule has 0 bridgehead atoms. The molecule has 0 saturated carbocycles. The first-order chi connectivity index (χ1) is 7.29. The van der Waals surface area contributed by atoms with Gasteiger partial charge in [0, 0.05) is 10.4 Å². The molecule has 0 unspecified atom stereocenters. The van der Waals surface area contributed by atoms with E-state index in [-0.39, 0.29) is 0 Å². The topological polar surface area (TPSA) is 104 Å². The lowest BCUT2D eigenvalue weighted by molar-refractivity contribution is 1.43. The molecule has 0 radical (unpaired) electrons. The Morgan fingerprint density at radius 2 is 0.750 bits per heavy atom. The second-order valence-corrected chi connectivity index (χ2v) is 4.40. The number of hydrogen-bond donors (Lipinski definition) is 4. The van der Waals surface area contributed by atoms with Crippen molar-refractivity contribution < 1.29 is 0 Å². The number of benzene rings is 1. The molecule has 0 atom stereocenters. The van der Waals surface area contributed by atoms with Gasteiger partial charge in [0.15, 0.2) is 0 Å². The molecular weight excluding hydrogens is 200 g/mol. The average molecular weight is 220 g/mol. The van der Waals surface area contributed by atoms with Crippen LogP contribution < -0.4 is 33.4 Å². The van der Waals surface area contributed by atoms with Crippen molar-refractivity contribution >= 4 is 33.9 Å². The van der Waals surface area contributed by atoms with Crippen LogP contribution in [-0.2, 0) is 0 Å². The summed E-state index contributed by atoms with van der Waals surface area (Å²) in [4.78, 5) is 0. The van der Waals surface area contributed by atoms with Crippen LogP contribution in [0.5, 0.6) is 0 Å². The summed E-state index contributed by atoms with van der Waals surface area (Å²) in [5.41, 5.74) is 28.1. The van der Waals surface area contributed by atoms with Crippen LogP contribution in [0.3, 0.4) is 0 Å². The Morgan fingerprint density at radius 3 is 0.875 bits per heavy atom. The van der Waals surface area contributed by atoms with Crippen molar-refractivity contribution in [3.05, 3.63) is 10.4 Å². The zero-order valence-corrected chi connectivity index (χ0v) is 10.3. The molecule has 1 aromatic rings. The molecule has 1 aromatic carbocycles. The average Bonchev–Trinajstić information content (AvgIpc) is 2.14. The van der Waals surface area contributed by atoms with Crippen molar-refractivity contribution in [2.24, 2.45) is 0 Å². The Morgan fingerprint density at radius 1 is 0.562 bits per heavy atom. The van der Waals surface area contributed by atoms with E-state index in [1.54, 1.807) is 0 Å². The van der Waals surface area contributed by atoms with Gasteiger partial charge in [0.1, 0.15) is 0 Å². The van der Waals surface area contributed by atoms with Gasteiger partial charge in [0.05, 0.1) is 22.7 Å². The van der Waals surface area contributed by atoms with E-state index in [9.17, 15) is 0 Å². The van der Waals surface area contributed by atoms with Gasteiger partial charge >= 0.3 is 0 Å². The molecule has 4 nitrogen and oxygen atoms in total. The maximum Gasteiger partial charge on any atom is 0.0649 e. The SMILES string of the molecule is CC(C)=c1c(N)c(N)c(=C(C)C)c(N)c1N. The van der Waals surface area contributed by atoms with Gasteiger partial charge in [-0.25, -0.2) is 0 Å². The highest BCUT2D eigenvalue weighted by molar-refractivity contribution is 5.84. The van der Waals surface area contributed by atoms with Crippen LogP contribution >= 0.6 is 0 Å². The third kappa shape index (κ3) is 1.66. The highest BCUT2D eigenvalue weighted by atomic mass is 14.7. The largest absolute Gasteiger partial charge is 0.396 e. The van der Waals surface area contributed by atoms with Crippen molar-refractivity contribution in [2.45, 2.75) is 27.7 Å². The van der Waals surface area contributed by atoms with Crippen LogP contribution in [0.2, 0.25) is 0 Å². The molecule has 0 amide bonds. The Bertz CT molecular complexity index is 461. The highest BCUT2D eigenvalue weighted by Crippen LogP contribution is 2.16. The first-order valence-electron chi connectivity index (χ1n) is 5.15. The minimum Gasteiger partial charge on any atom is -0.396 e. The molecule has 0 aliphatic carbocycles. The molecule has 8 N–H and O–H groups in total. The summed E-state index contributed by atoms with van der Waals surface area (Å²) in [6, 6.07) is 0. The second kappa shape index (κ2) is 3.96. The molecule has 0 aliphatic heterocycles. The fourth-order valence-corrected chi connectivity index (χ4v) is 1.91. The van der Waals surface area contributed by atoms with Crippen LogP contribution in [0.15, 0.2) is 0 Å². The van der Waals surface area contributed by atoms with E-state index >= 15 is 0 Å². The number of nitrogen functional groups attached to an aromatic ring is 4. The Hall–Kier alpha value is -1.84. The minimum atomic E-state index is 0.517. The Kier molecular flexibility index (Phi) is 3.03. The smallest absolute Gasteiger partial charge is 0.0649 e. The predicted octanol–water partition coefficient (Wildman–Crippen LogP) is 0.396. The van der Waals surface area contributed by atoms with Crippen molar-refractivity contribution in [3.63, 3.8) is 0 Å². The molecular formula is C12H20N4. The van der Waals surface area contributed by atoms with Crippen LogP contribution in [-0.4, -0.2) is 0 Å².